The average Bonchev–Trinajstić information content (AvgIpc) is 2.95. The summed E-state index contributed by atoms with van der Waals surface area (Å²) in [4.78, 5) is 24.4. The van der Waals surface area contributed by atoms with Gasteiger partial charge in [-0.2, -0.15) is 5.43 Å². The molecule has 2 aromatic rings. The van der Waals surface area contributed by atoms with E-state index in [1.54, 1.807) is 30.3 Å². The van der Waals surface area contributed by atoms with Crippen LogP contribution in [0.15, 0.2) is 40.9 Å². The molecule has 0 saturated heterocycles. The molecule has 8 heteroatoms. The van der Waals surface area contributed by atoms with Crippen molar-refractivity contribution in [2.75, 3.05) is 14.2 Å². The highest BCUT2D eigenvalue weighted by atomic mass is 79.9. The van der Waals surface area contributed by atoms with E-state index < -0.39 is 12.2 Å². The van der Waals surface area contributed by atoms with Crippen LogP contribution in [0, 0.1) is 0 Å². The second kappa shape index (κ2) is 7.12. The van der Waals surface area contributed by atoms with Gasteiger partial charge in [-0.15, -0.1) is 0 Å². The summed E-state index contributed by atoms with van der Waals surface area (Å²) >= 11 is 3.32. The molecule has 0 unspecified atom stereocenters. The molecule has 1 amide bonds. The summed E-state index contributed by atoms with van der Waals surface area (Å²) in [5.41, 5.74) is 6.54. The van der Waals surface area contributed by atoms with Crippen LogP contribution in [0.2, 0.25) is 0 Å². The van der Waals surface area contributed by atoms with E-state index in [4.69, 9.17) is 14.2 Å². The third-order valence-corrected chi connectivity index (χ3v) is 4.42. The van der Waals surface area contributed by atoms with Crippen LogP contribution >= 0.6 is 15.9 Å². The molecule has 0 radical (unpaired) electrons. The second-order valence-electron chi connectivity index (χ2n) is 5.13. The Kier molecular flexibility index (Phi) is 4.91. The maximum absolute atomic E-state index is 12.3. The van der Waals surface area contributed by atoms with Gasteiger partial charge in [-0.05, 0) is 40.2 Å². The largest absolute Gasteiger partial charge is 0.493 e. The summed E-state index contributed by atoms with van der Waals surface area (Å²) in [6, 6.07) is 10.3. The minimum absolute atomic E-state index is 0.273. The van der Waals surface area contributed by atoms with Gasteiger partial charge in [-0.3, -0.25) is 10.2 Å². The van der Waals surface area contributed by atoms with Crippen molar-refractivity contribution in [2.45, 2.75) is 6.23 Å². The Morgan fingerprint density at radius 2 is 1.92 bits per heavy atom. The molecule has 130 valence electrons. The van der Waals surface area contributed by atoms with Crippen molar-refractivity contribution in [3.05, 3.63) is 57.6 Å². The van der Waals surface area contributed by atoms with Gasteiger partial charge in [-0.25, -0.2) is 4.79 Å². The third-order valence-electron chi connectivity index (χ3n) is 3.72. The molecule has 2 N–H and O–H groups in total. The number of ether oxygens (including phenoxy) is 3. The lowest BCUT2D eigenvalue weighted by molar-refractivity contribution is 0.0260. The molecule has 1 aliphatic rings. The highest BCUT2D eigenvalue weighted by molar-refractivity contribution is 9.10. The first-order valence-electron chi connectivity index (χ1n) is 7.33. The van der Waals surface area contributed by atoms with Gasteiger partial charge >= 0.3 is 5.97 Å². The Balaban J connectivity index is 1.80. The highest BCUT2D eigenvalue weighted by Gasteiger charge is 2.36. The minimum Gasteiger partial charge on any atom is -0.493 e. The lowest BCUT2D eigenvalue weighted by Crippen LogP contribution is -2.40. The van der Waals surface area contributed by atoms with E-state index in [1.165, 1.54) is 14.2 Å². The normalized spacial score (nSPS) is 15.3. The lowest BCUT2D eigenvalue weighted by Gasteiger charge is -2.15. The number of hydrazine groups is 1. The number of benzene rings is 2. The fourth-order valence-electron chi connectivity index (χ4n) is 2.55. The van der Waals surface area contributed by atoms with Crippen LogP contribution in [0.4, 0.5) is 0 Å². The molecule has 25 heavy (non-hydrogen) atoms. The molecule has 7 nitrogen and oxygen atoms in total. The maximum atomic E-state index is 12.3. The number of fused-ring (bicyclic) bond motifs is 1. The van der Waals surface area contributed by atoms with E-state index in [2.05, 4.69) is 26.8 Å². The highest BCUT2D eigenvalue weighted by Crippen LogP contribution is 2.40. The van der Waals surface area contributed by atoms with Crippen LogP contribution < -0.4 is 20.3 Å². The van der Waals surface area contributed by atoms with Crippen molar-refractivity contribution in [1.82, 2.24) is 10.9 Å². The summed E-state index contributed by atoms with van der Waals surface area (Å²) < 4.78 is 16.4. The number of rotatable bonds is 5. The van der Waals surface area contributed by atoms with Crippen LogP contribution in [-0.4, -0.2) is 26.1 Å². The fraction of sp³-hybridized carbons (Fsp3) is 0.176. The van der Waals surface area contributed by atoms with Gasteiger partial charge < -0.3 is 14.2 Å². The van der Waals surface area contributed by atoms with Crippen molar-refractivity contribution in [1.29, 1.82) is 0 Å². The number of carbonyl (C=O) groups excluding carboxylic acids is 2. The Morgan fingerprint density at radius 3 is 2.60 bits per heavy atom. The van der Waals surface area contributed by atoms with Gasteiger partial charge in [0.1, 0.15) is 5.56 Å². The van der Waals surface area contributed by atoms with Crippen LogP contribution in [0.5, 0.6) is 11.5 Å². The Morgan fingerprint density at radius 1 is 1.16 bits per heavy atom. The monoisotopic (exact) mass is 406 g/mol. The molecule has 3 rings (SSSR count). The molecule has 1 atom stereocenters. The smallest absolute Gasteiger partial charge is 0.344 e. The fourth-order valence-corrected chi connectivity index (χ4v) is 3.02. The maximum Gasteiger partial charge on any atom is 0.344 e. The van der Waals surface area contributed by atoms with Gasteiger partial charge in [0.05, 0.1) is 19.8 Å². The predicted molar refractivity (Wildman–Crippen MR) is 92.4 cm³/mol. The molecule has 0 bridgehead atoms. The molecular weight excluding hydrogens is 392 g/mol. The molecule has 0 fully saturated rings. The van der Waals surface area contributed by atoms with Gasteiger partial charge in [0.15, 0.2) is 17.7 Å². The number of esters is 1. The topological polar surface area (TPSA) is 85.9 Å². The number of halogens is 1. The lowest BCUT2D eigenvalue weighted by atomic mass is 10.1. The first kappa shape index (κ1) is 17.2. The minimum atomic E-state index is -0.825. The molecule has 1 heterocycles. The number of methoxy groups -OCH3 is 2. The van der Waals surface area contributed by atoms with Crippen molar-refractivity contribution in [2.24, 2.45) is 0 Å². The first-order chi connectivity index (χ1) is 12.1. The predicted octanol–water partition coefficient (Wildman–Crippen LogP) is 2.57. The zero-order valence-electron chi connectivity index (χ0n) is 13.5. The van der Waals surface area contributed by atoms with E-state index in [9.17, 15) is 9.59 Å². The van der Waals surface area contributed by atoms with Gasteiger partial charge in [0.25, 0.3) is 5.91 Å². The number of hydrogen-bond acceptors (Lipinski definition) is 6. The Labute approximate surface area is 152 Å². The summed E-state index contributed by atoms with van der Waals surface area (Å²) in [5, 5.41) is 0. The third kappa shape index (κ3) is 3.18. The molecule has 0 aromatic heterocycles. The quantitative estimate of drug-likeness (QED) is 0.586. The van der Waals surface area contributed by atoms with Gasteiger partial charge in [0.2, 0.25) is 0 Å². The van der Waals surface area contributed by atoms with Crippen molar-refractivity contribution < 1.29 is 23.8 Å². The number of hydrogen-bond donors (Lipinski definition) is 2. The van der Waals surface area contributed by atoms with Crippen LogP contribution in [0.3, 0.4) is 0 Å². The Hall–Kier alpha value is -2.58. The summed E-state index contributed by atoms with van der Waals surface area (Å²) in [7, 11) is 2.93. The van der Waals surface area contributed by atoms with E-state index in [0.29, 0.717) is 27.1 Å². The molecule has 2 aromatic carbocycles. The molecule has 0 saturated carbocycles. The second-order valence-corrected chi connectivity index (χ2v) is 5.98. The van der Waals surface area contributed by atoms with Crippen molar-refractivity contribution in [3.8, 4) is 11.5 Å². The summed E-state index contributed by atoms with van der Waals surface area (Å²) in [6.07, 6.45) is -0.825. The van der Waals surface area contributed by atoms with E-state index in [-0.39, 0.29) is 11.5 Å². The zero-order chi connectivity index (χ0) is 18.0. The van der Waals surface area contributed by atoms with Crippen LogP contribution in [0.1, 0.15) is 32.5 Å². The average molecular weight is 407 g/mol. The number of carbonyl (C=O) groups is 2. The van der Waals surface area contributed by atoms with Gasteiger partial charge in [0, 0.05) is 10.0 Å². The van der Waals surface area contributed by atoms with E-state index in [1.807, 2.05) is 6.07 Å². The van der Waals surface area contributed by atoms with Crippen LogP contribution in [-0.2, 0) is 4.74 Å². The van der Waals surface area contributed by atoms with Crippen molar-refractivity contribution in [3.63, 3.8) is 0 Å². The molecule has 0 spiro atoms. The number of cyclic esters (lactones) is 1. The molecule has 0 aliphatic carbocycles. The van der Waals surface area contributed by atoms with Crippen molar-refractivity contribution >= 4 is 27.8 Å². The molecular formula is C17H15BrN2O5. The summed E-state index contributed by atoms with van der Waals surface area (Å²) in [5.74, 6) is -0.196. The standard InChI is InChI=1S/C17H15BrN2O5/c1-23-12-8-7-10-13(14(12)24-2)17(22)25-16(10)20-19-15(21)9-5-3-4-6-11(9)18/h3-8,16,20H,1-2H3,(H,19,21)/t16-/m0/s1. The SMILES string of the molecule is COc1ccc2c(c1OC)C(=O)O[C@@H]2NNC(=O)c1ccccc1Br. The first-order valence-corrected chi connectivity index (χ1v) is 8.12. The summed E-state index contributed by atoms with van der Waals surface area (Å²) in [6.45, 7) is 0. The molecule has 1 aliphatic heterocycles. The number of amides is 1. The van der Waals surface area contributed by atoms with E-state index in [0.717, 1.165) is 0 Å². The van der Waals surface area contributed by atoms with Gasteiger partial charge in [-0.1, -0.05) is 12.1 Å². The number of nitrogens with one attached hydrogen (secondary N) is 2. The Bertz CT molecular complexity index is 840. The van der Waals surface area contributed by atoms with Crippen LogP contribution in [0.25, 0.3) is 0 Å². The van der Waals surface area contributed by atoms with E-state index >= 15 is 0 Å². The zero-order valence-corrected chi connectivity index (χ0v) is 15.0.